The molecule has 20 heavy (non-hydrogen) atoms. The van der Waals surface area contributed by atoms with Gasteiger partial charge in [0, 0.05) is 6.04 Å². The number of carbonyl (C=O) groups excluding carboxylic acids is 1. The van der Waals surface area contributed by atoms with Crippen molar-refractivity contribution in [2.24, 2.45) is 5.92 Å². The molecule has 4 heteroatoms. The van der Waals surface area contributed by atoms with Gasteiger partial charge in [-0.3, -0.25) is 4.79 Å². The molecule has 1 fully saturated rings. The summed E-state index contributed by atoms with van der Waals surface area (Å²) < 4.78 is 5.21. The zero-order chi connectivity index (χ0) is 14.5. The lowest BCUT2D eigenvalue weighted by molar-refractivity contribution is -0.123. The molecule has 1 heterocycles. The van der Waals surface area contributed by atoms with Crippen LogP contribution >= 0.6 is 0 Å². The minimum atomic E-state index is -0.160. The molecule has 0 spiro atoms. The van der Waals surface area contributed by atoms with E-state index < -0.39 is 0 Å². The molecule has 2 N–H and O–H groups in total. The van der Waals surface area contributed by atoms with Gasteiger partial charge in [0.1, 0.15) is 5.75 Å². The molecule has 0 radical (unpaired) electrons. The number of benzene rings is 1. The van der Waals surface area contributed by atoms with Gasteiger partial charge in [0.05, 0.1) is 13.0 Å². The molecule has 1 aromatic carbocycles. The molecule has 3 unspecified atom stereocenters. The van der Waals surface area contributed by atoms with Crippen molar-refractivity contribution in [2.45, 2.75) is 32.2 Å². The van der Waals surface area contributed by atoms with Gasteiger partial charge in [-0.25, -0.2) is 0 Å². The van der Waals surface area contributed by atoms with Gasteiger partial charge in [-0.15, -0.1) is 0 Å². The molecule has 0 aromatic heterocycles. The van der Waals surface area contributed by atoms with Crippen molar-refractivity contribution in [2.75, 3.05) is 20.2 Å². The van der Waals surface area contributed by atoms with E-state index in [0.29, 0.717) is 5.92 Å². The molecule has 1 aliphatic heterocycles. The Kier molecular flexibility index (Phi) is 5.01. The van der Waals surface area contributed by atoms with Gasteiger partial charge in [0.15, 0.2) is 0 Å². The number of hydrogen-bond acceptors (Lipinski definition) is 3. The standard InChI is InChI=1S/C16H24N2O2/c1-11-10-17-8-7-15(11)18-16(19)12(2)13-5-4-6-14(9-13)20-3/h4-6,9,11-12,15,17H,7-8,10H2,1-3H3,(H,18,19). The van der Waals surface area contributed by atoms with Crippen molar-refractivity contribution in [3.63, 3.8) is 0 Å². The van der Waals surface area contributed by atoms with Crippen LogP contribution in [0.2, 0.25) is 0 Å². The lowest BCUT2D eigenvalue weighted by Gasteiger charge is -2.31. The zero-order valence-corrected chi connectivity index (χ0v) is 12.5. The summed E-state index contributed by atoms with van der Waals surface area (Å²) in [6.07, 6.45) is 0.998. The number of methoxy groups -OCH3 is 1. The lowest BCUT2D eigenvalue weighted by atomic mass is 9.93. The Morgan fingerprint density at radius 1 is 1.50 bits per heavy atom. The Morgan fingerprint density at radius 3 is 3.00 bits per heavy atom. The fraction of sp³-hybridized carbons (Fsp3) is 0.562. The molecule has 0 saturated carbocycles. The van der Waals surface area contributed by atoms with Crippen molar-refractivity contribution in [3.8, 4) is 5.75 Å². The highest BCUT2D eigenvalue weighted by atomic mass is 16.5. The smallest absolute Gasteiger partial charge is 0.227 e. The number of amides is 1. The summed E-state index contributed by atoms with van der Waals surface area (Å²) in [5, 5.41) is 6.53. The van der Waals surface area contributed by atoms with Gasteiger partial charge in [0.2, 0.25) is 5.91 Å². The van der Waals surface area contributed by atoms with Crippen LogP contribution in [0.25, 0.3) is 0 Å². The minimum absolute atomic E-state index is 0.0944. The van der Waals surface area contributed by atoms with Gasteiger partial charge in [-0.1, -0.05) is 19.1 Å². The normalized spacial score (nSPS) is 23.9. The fourth-order valence-electron chi connectivity index (χ4n) is 2.60. The van der Waals surface area contributed by atoms with Crippen molar-refractivity contribution in [3.05, 3.63) is 29.8 Å². The van der Waals surface area contributed by atoms with E-state index in [1.807, 2.05) is 31.2 Å². The highest BCUT2D eigenvalue weighted by Crippen LogP contribution is 2.21. The Labute approximate surface area is 120 Å². The number of ether oxygens (including phenoxy) is 1. The largest absolute Gasteiger partial charge is 0.497 e. The average Bonchev–Trinajstić information content (AvgIpc) is 2.48. The average molecular weight is 276 g/mol. The predicted octanol–water partition coefficient (Wildman–Crippen LogP) is 1.91. The highest BCUT2D eigenvalue weighted by molar-refractivity contribution is 5.83. The summed E-state index contributed by atoms with van der Waals surface area (Å²) in [4.78, 5) is 12.4. The molecule has 1 saturated heterocycles. The van der Waals surface area contributed by atoms with E-state index in [2.05, 4.69) is 17.6 Å². The first-order valence-corrected chi connectivity index (χ1v) is 7.27. The second kappa shape index (κ2) is 6.75. The Bertz CT molecular complexity index is 462. The van der Waals surface area contributed by atoms with Gasteiger partial charge in [-0.05, 0) is 50.0 Å². The third-order valence-corrected chi connectivity index (χ3v) is 4.10. The molecule has 4 nitrogen and oxygen atoms in total. The number of carbonyl (C=O) groups is 1. The molecular weight excluding hydrogens is 252 g/mol. The summed E-state index contributed by atoms with van der Waals surface area (Å²) in [6, 6.07) is 7.99. The van der Waals surface area contributed by atoms with Crippen LogP contribution in [0.4, 0.5) is 0 Å². The van der Waals surface area contributed by atoms with E-state index >= 15 is 0 Å². The maximum absolute atomic E-state index is 12.4. The number of hydrogen-bond donors (Lipinski definition) is 2. The van der Waals surface area contributed by atoms with Gasteiger partial charge in [-0.2, -0.15) is 0 Å². The first kappa shape index (κ1) is 14.9. The predicted molar refractivity (Wildman–Crippen MR) is 80.0 cm³/mol. The molecule has 0 aliphatic carbocycles. The molecule has 1 amide bonds. The van der Waals surface area contributed by atoms with Crippen molar-refractivity contribution >= 4 is 5.91 Å². The van der Waals surface area contributed by atoms with Crippen LogP contribution in [0.15, 0.2) is 24.3 Å². The number of piperidine rings is 1. The summed E-state index contributed by atoms with van der Waals surface area (Å²) in [5.41, 5.74) is 0.989. The van der Waals surface area contributed by atoms with Crippen molar-refractivity contribution in [1.29, 1.82) is 0 Å². The highest BCUT2D eigenvalue weighted by Gasteiger charge is 2.25. The van der Waals surface area contributed by atoms with Crippen LogP contribution in [0.3, 0.4) is 0 Å². The SMILES string of the molecule is COc1cccc(C(C)C(=O)NC2CCNCC2C)c1. The monoisotopic (exact) mass is 276 g/mol. The van der Waals surface area contributed by atoms with E-state index in [1.165, 1.54) is 0 Å². The van der Waals surface area contributed by atoms with E-state index in [0.717, 1.165) is 30.8 Å². The molecular formula is C16H24N2O2. The van der Waals surface area contributed by atoms with Crippen LogP contribution in [0, 0.1) is 5.92 Å². The van der Waals surface area contributed by atoms with Crippen LogP contribution in [-0.4, -0.2) is 32.1 Å². The van der Waals surface area contributed by atoms with E-state index in [1.54, 1.807) is 7.11 Å². The molecule has 110 valence electrons. The summed E-state index contributed by atoms with van der Waals surface area (Å²) in [5.74, 6) is 1.20. The summed E-state index contributed by atoms with van der Waals surface area (Å²) in [7, 11) is 1.64. The van der Waals surface area contributed by atoms with E-state index in [9.17, 15) is 4.79 Å². The Hall–Kier alpha value is -1.55. The third-order valence-electron chi connectivity index (χ3n) is 4.10. The Morgan fingerprint density at radius 2 is 2.30 bits per heavy atom. The topological polar surface area (TPSA) is 50.4 Å². The second-order valence-corrected chi connectivity index (χ2v) is 5.58. The van der Waals surface area contributed by atoms with E-state index in [-0.39, 0.29) is 17.9 Å². The summed E-state index contributed by atoms with van der Waals surface area (Å²) >= 11 is 0. The lowest BCUT2D eigenvalue weighted by Crippen LogP contribution is -2.49. The molecule has 1 aromatic rings. The molecule has 0 bridgehead atoms. The van der Waals surface area contributed by atoms with Crippen molar-refractivity contribution < 1.29 is 9.53 Å². The van der Waals surface area contributed by atoms with E-state index in [4.69, 9.17) is 4.74 Å². The zero-order valence-electron chi connectivity index (χ0n) is 12.5. The number of nitrogens with one attached hydrogen (secondary N) is 2. The molecule has 3 atom stereocenters. The van der Waals surface area contributed by atoms with Gasteiger partial charge >= 0.3 is 0 Å². The quantitative estimate of drug-likeness (QED) is 0.883. The fourth-order valence-corrected chi connectivity index (χ4v) is 2.60. The van der Waals surface area contributed by atoms with Gasteiger partial charge < -0.3 is 15.4 Å². The van der Waals surface area contributed by atoms with Crippen LogP contribution < -0.4 is 15.4 Å². The maximum Gasteiger partial charge on any atom is 0.227 e. The van der Waals surface area contributed by atoms with Gasteiger partial charge in [0.25, 0.3) is 0 Å². The van der Waals surface area contributed by atoms with Crippen LogP contribution in [0.5, 0.6) is 5.75 Å². The first-order valence-electron chi connectivity index (χ1n) is 7.27. The summed E-state index contributed by atoms with van der Waals surface area (Å²) in [6.45, 7) is 6.06. The minimum Gasteiger partial charge on any atom is -0.497 e. The first-order chi connectivity index (χ1) is 9.61. The maximum atomic E-state index is 12.4. The van der Waals surface area contributed by atoms with Crippen LogP contribution in [-0.2, 0) is 4.79 Å². The second-order valence-electron chi connectivity index (χ2n) is 5.58. The van der Waals surface area contributed by atoms with Crippen molar-refractivity contribution in [1.82, 2.24) is 10.6 Å². The Balaban J connectivity index is 2.00. The number of rotatable bonds is 4. The molecule has 1 aliphatic rings. The molecule has 2 rings (SSSR count). The van der Waals surface area contributed by atoms with Crippen LogP contribution in [0.1, 0.15) is 31.7 Å². The third kappa shape index (κ3) is 3.51.